The molecule has 0 radical (unpaired) electrons. The number of aliphatic hydroxyl groups is 1. The number of carbonyl (C=O) groups is 3. The first kappa shape index (κ1) is 63.1. The van der Waals surface area contributed by atoms with Crippen LogP contribution in [0.15, 0.2) is 61.1 Å². The van der Waals surface area contributed by atoms with Crippen LogP contribution in [0.5, 0.6) is 0 Å². The maximum absolute atomic E-state index is 12.5. The van der Waals surface area contributed by atoms with Crippen molar-refractivity contribution in [3.63, 3.8) is 0 Å². The summed E-state index contributed by atoms with van der Waals surface area (Å²) in [6.45, 7) is 23.6. The number of unbranched alkanes of at least 4 members (excludes halogenated alkanes) is 1. The number of fused-ring (bicyclic) bond motifs is 1. The average molecular weight is 915 g/mol. The molecule has 356 valence electrons. The fourth-order valence-corrected chi connectivity index (χ4v) is 6.14. The van der Waals surface area contributed by atoms with Crippen molar-refractivity contribution >= 4 is 45.2 Å². The van der Waals surface area contributed by atoms with E-state index >= 15 is 0 Å². The van der Waals surface area contributed by atoms with Crippen molar-refractivity contribution in [2.24, 2.45) is 11.8 Å². The maximum atomic E-state index is 12.5. The number of methoxy groups -OCH3 is 2. The van der Waals surface area contributed by atoms with E-state index in [-0.39, 0.29) is 11.6 Å². The molecule has 3 atom stereocenters. The number of carbonyl (C=O) groups excluding carboxylic acids is 3. The van der Waals surface area contributed by atoms with Crippen LogP contribution in [0.4, 0.5) is 0 Å². The highest BCUT2D eigenvalue weighted by atomic mass is 31.2. The molecule has 3 aromatic rings. The number of H-pyrrole nitrogens is 1. The Morgan fingerprint density at radius 2 is 1.39 bits per heavy atom. The molecule has 0 saturated heterocycles. The van der Waals surface area contributed by atoms with Gasteiger partial charge in [0, 0.05) is 54.1 Å². The Morgan fingerprint density at radius 3 is 1.82 bits per heavy atom. The Morgan fingerprint density at radius 1 is 0.823 bits per heavy atom. The van der Waals surface area contributed by atoms with E-state index in [0.29, 0.717) is 25.4 Å². The Balaban J connectivity index is -0.000000831. The van der Waals surface area contributed by atoms with E-state index in [9.17, 15) is 24.4 Å². The van der Waals surface area contributed by atoms with Crippen LogP contribution in [0, 0.1) is 11.8 Å². The summed E-state index contributed by atoms with van der Waals surface area (Å²) >= 11 is 0. The maximum Gasteiger partial charge on any atom is 0.276 e. The summed E-state index contributed by atoms with van der Waals surface area (Å²) in [5.41, 5.74) is 1.24. The topological polar surface area (TPSA) is 223 Å². The molecule has 3 unspecified atom stereocenters. The van der Waals surface area contributed by atoms with E-state index in [0.717, 1.165) is 61.8 Å². The van der Waals surface area contributed by atoms with Gasteiger partial charge < -0.3 is 49.7 Å². The normalized spacial score (nSPS) is 12.2. The average Bonchev–Trinajstić information content (AvgIpc) is 3.24. The molecule has 62 heavy (non-hydrogen) atoms. The van der Waals surface area contributed by atoms with Gasteiger partial charge in [0.25, 0.3) is 5.91 Å². The molecule has 8 N–H and O–H groups in total. The molecule has 0 fully saturated rings. The Labute approximate surface area is 375 Å². The first-order valence-corrected chi connectivity index (χ1v) is 23.9. The highest BCUT2D eigenvalue weighted by molar-refractivity contribution is 7.66. The van der Waals surface area contributed by atoms with Crippen LogP contribution in [0.25, 0.3) is 10.8 Å². The minimum atomic E-state index is -2.90. The number of amides is 3. The third kappa shape index (κ3) is 31.6. The summed E-state index contributed by atoms with van der Waals surface area (Å²) < 4.78 is 13.9. The molecule has 1 heterocycles. The van der Waals surface area contributed by atoms with Gasteiger partial charge in [-0.3, -0.25) is 14.4 Å². The van der Waals surface area contributed by atoms with Crippen LogP contribution in [0.2, 0.25) is 0 Å². The lowest BCUT2D eigenvalue weighted by Crippen LogP contribution is -2.48. The summed E-state index contributed by atoms with van der Waals surface area (Å²) in [5.74, 6) is 0.0883. The van der Waals surface area contributed by atoms with E-state index < -0.39 is 46.1 Å². The molecule has 1 aromatic heterocycles. The van der Waals surface area contributed by atoms with Gasteiger partial charge in [0.2, 0.25) is 33.6 Å². The van der Waals surface area contributed by atoms with E-state index in [1.165, 1.54) is 25.2 Å². The summed E-state index contributed by atoms with van der Waals surface area (Å²) in [6, 6.07) is 13.3. The number of rotatable bonds is 19. The van der Waals surface area contributed by atoms with Crippen LogP contribution in [-0.2, 0) is 30.0 Å². The second-order valence-electron chi connectivity index (χ2n) is 14.9. The zero-order chi connectivity index (χ0) is 47.9. The molecule has 15 nitrogen and oxygen atoms in total. The molecular weight excluding hydrogens is 832 g/mol. The molecule has 3 rings (SSSR count). The molecule has 0 bridgehead atoms. The zero-order valence-corrected chi connectivity index (χ0v) is 41.7. The Kier molecular flexibility index (Phi) is 41.2. The Bertz CT molecular complexity index is 1520. The van der Waals surface area contributed by atoms with Gasteiger partial charge in [-0.1, -0.05) is 118 Å². The lowest BCUT2D eigenvalue weighted by atomic mass is 9.98. The second-order valence-corrected chi connectivity index (χ2v) is 18.2. The van der Waals surface area contributed by atoms with Crippen molar-refractivity contribution in [2.45, 2.75) is 125 Å². The van der Waals surface area contributed by atoms with Gasteiger partial charge in [-0.2, -0.15) is 0 Å². The van der Waals surface area contributed by atoms with Crippen LogP contribution in [-0.4, -0.2) is 101 Å². The smallest absolute Gasteiger partial charge is 0.276 e. The number of nitrogens with zero attached hydrogens (tertiary/aromatic N) is 1. The molecule has 0 spiro atoms. The number of hydrogen-bond donors (Lipinski definition) is 7. The number of hydrogen-bond acceptors (Lipinski definition) is 11. The molecule has 2 aromatic carbocycles. The summed E-state index contributed by atoms with van der Waals surface area (Å²) in [5, 5.41) is 17.8. The van der Waals surface area contributed by atoms with Crippen molar-refractivity contribution in [3.05, 3.63) is 72.3 Å². The number of ether oxygens (including phenoxy) is 2. The van der Waals surface area contributed by atoms with Crippen molar-refractivity contribution in [3.8, 4) is 0 Å². The van der Waals surface area contributed by atoms with Crippen LogP contribution in [0.3, 0.4) is 0 Å². The number of aromatic amines is 1. The fourth-order valence-electron chi connectivity index (χ4n) is 4.43. The van der Waals surface area contributed by atoms with Gasteiger partial charge >= 0.3 is 0 Å². The van der Waals surface area contributed by atoms with E-state index in [4.69, 9.17) is 19.3 Å². The highest BCUT2D eigenvalue weighted by Gasteiger charge is 2.47. The molecule has 0 aliphatic heterocycles. The SMILES string of the molecule is CC(C)C.CCCC.CCCOC.CCCOC.CCNC(=O)C(Cc1cccc2ccccc12)NC(=O)c1c[nH+]ccn1.COP(O)C(O)(CC(=O)NCCC(C)C)P(O)O. The van der Waals surface area contributed by atoms with E-state index in [1.807, 2.05) is 63.2 Å². The predicted octanol–water partition coefficient (Wildman–Crippen LogP) is 7.51. The largest absolute Gasteiger partial charge is 0.385 e. The zero-order valence-electron chi connectivity index (χ0n) is 39.9. The van der Waals surface area contributed by atoms with Crippen LogP contribution >= 0.6 is 16.8 Å². The minimum Gasteiger partial charge on any atom is -0.385 e. The number of benzene rings is 2. The predicted molar refractivity (Wildman–Crippen MR) is 253 cm³/mol. The third-order valence-electron chi connectivity index (χ3n) is 7.67. The molecule has 0 saturated carbocycles. The van der Waals surface area contributed by atoms with Crippen molar-refractivity contribution < 1.29 is 53.2 Å². The minimum absolute atomic E-state index is 0.214. The first-order valence-electron chi connectivity index (χ1n) is 21.5. The summed E-state index contributed by atoms with van der Waals surface area (Å²) in [7, 11) is -0.861. The molecule has 0 aliphatic rings. The van der Waals surface area contributed by atoms with Crippen LogP contribution in [0.1, 0.15) is 124 Å². The highest BCUT2D eigenvalue weighted by Crippen LogP contribution is 2.61. The van der Waals surface area contributed by atoms with Crippen molar-refractivity contribution in [1.29, 1.82) is 0 Å². The fraction of sp³-hybridized carbons (Fsp3) is 0.622. The van der Waals surface area contributed by atoms with E-state index in [2.05, 4.69) is 78.9 Å². The molecule has 3 amide bonds. The summed E-state index contributed by atoms with van der Waals surface area (Å²) in [4.78, 5) is 70.9. The van der Waals surface area contributed by atoms with Gasteiger partial charge in [-0.25, -0.2) is 9.97 Å². The first-order chi connectivity index (χ1) is 29.4. The Hall–Kier alpha value is -3.23. The molecule has 17 heteroatoms. The standard InChI is InChI=1S/C20H20N4O2.C9H21NO6P2.2C4H10O.2C4H10/c1-2-22-19(25)17(24-20(26)18-13-21-10-11-23-18)12-15-8-5-7-14-6-3-4-9-16(14)15;1-7(2)4-5-10-8(11)6-9(12,17(13)14)18(15)16-3;2*1-3-4-5-2;1-4(2)3;1-3-4-2/h3-11,13,17H,2,12H2,1H3,(H,22,25)(H,24,26);7,12-15H,4-6H2,1-3H3,(H,10,11);2*3-4H2,1-2H3;4H,1-3H3;3-4H2,1-2H3/p+1. The van der Waals surface area contributed by atoms with Crippen LogP contribution < -0.4 is 20.9 Å². The quantitative estimate of drug-likeness (QED) is 0.0583. The molecule has 0 aliphatic carbocycles. The number of nitrogens with one attached hydrogen (secondary N) is 4. The van der Waals surface area contributed by atoms with Crippen molar-refractivity contribution in [2.75, 3.05) is 47.6 Å². The van der Waals surface area contributed by atoms with E-state index in [1.54, 1.807) is 20.4 Å². The van der Waals surface area contributed by atoms with Gasteiger partial charge in [0.05, 0.1) is 12.6 Å². The third-order valence-corrected chi connectivity index (χ3v) is 10.6. The van der Waals surface area contributed by atoms with Crippen molar-refractivity contribution in [1.82, 2.24) is 20.9 Å². The number of aromatic nitrogens is 2. The second kappa shape index (κ2) is 40.5. The lowest BCUT2D eigenvalue weighted by molar-refractivity contribution is -0.379. The van der Waals surface area contributed by atoms with Gasteiger partial charge in [0.15, 0.2) is 18.1 Å². The summed E-state index contributed by atoms with van der Waals surface area (Å²) in [6.07, 6.45) is 10.1. The monoisotopic (exact) mass is 915 g/mol. The van der Waals surface area contributed by atoms with Gasteiger partial charge in [-0.15, -0.1) is 0 Å². The molecular formula is C45H82N5O10P2+. The van der Waals surface area contributed by atoms with Gasteiger partial charge in [0.1, 0.15) is 6.04 Å². The lowest BCUT2D eigenvalue weighted by Gasteiger charge is -2.30. The number of likely N-dealkylation sites (N-methyl/N-ethyl adjacent to an activating group) is 1. The van der Waals surface area contributed by atoms with Gasteiger partial charge in [-0.05, 0) is 54.4 Å².